The molecular weight excluding hydrogens is 394 g/mol. The third-order valence-electron chi connectivity index (χ3n) is 4.47. The van der Waals surface area contributed by atoms with E-state index in [0.717, 1.165) is 22.7 Å². The van der Waals surface area contributed by atoms with Crippen LogP contribution in [-0.2, 0) is 6.54 Å². The van der Waals surface area contributed by atoms with Crippen molar-refractivity contribution >= 4 is 17.4 Å². The first-order valence-corrected chi connectivity index (χ1v) is 9.63. The van der Waals surface area contributed by atoms with Crippen LogP contribution in [0.2, 0.25) is 0 Å². The number of aromatic nitrogens is 3. The predicted octanol–water partition coefficient (Wildman–Crippen LogP) is 4.28. The molecule has 31 heavy (non-hydrogen) atoms. The number of methoxy groups -OCH3 is 1. The van der Waals surface area contributed by atoms with E-state index in [1.165, 1.54) is 0 Å². The maximum absolute atomic E-state index is 12.6. The highest BCUT2D eigenvalue weighted by molar-refractivity contribution is 5.97. The van der Waals surface area contributed by atoms with Gasteiger partial charge in [-0.15, -0.1) is 10.2 Å². The van der Waals surface area contributed by atoms with Crippen LogP contribution >= 0.6 is 0 Å². The first-order chi connectivity index (χ1) is 15.2. The molecule has 0 aliphatic heterocycles. The Hall–Kier alpha value is -4.33. The van der Waals surface area contributed by atoms with Gasteiger partial charge in [0.25, 0.3) is 5.91 Å². The molecule has 0 aliphatic carbocycles. The summed E-state index contributed by atoms with van der Waals surface area (Å²) in [5, 5.41) is 16.4. The van der Waals surface area contributed by atoms with Crippen LogP contribution in [0.15, 0.2) is 78.9 Å². The third kappa shape index (κ3) is 5.18. The molecule has 8 nitrogen and oxygen atoms in total. The van der Waals surface area contributed by atoms with Crippen LogP contribution in [0.5, 0.6) is 17.2 Å². The average molecular weight is 415 g/mol. The molecule has 0 aliphatic rings. The van der Waals surface area contributed by atoms with Crippen molar-refractivity contribution < 1.29 is 14.3 Å². The number of hydrogen-bond donors (Lipinski definition) is 3. The van der Waals surface area contributed by atoms with Crippen molar-refractivity contribution in [3.8, 4) is 17.2 Å². The second kappa shape index (κ2) is 9.45. The summed E-state index contributed by atoms with van der Waals surface area (Å²) < 4.78 is 10.9. The minimum atomic E-state index is -0.337. The first-order valence-electron chi connectivity index (χ1n) is 9.63. The Morgan fingerprint density at radius 3 is 2.26 bits per heavy atom. The molecule has 0 saturated carbocycles. The molecular formula is C23H21N5O3. The summed E-state index contributed by atoms with van der Waals surface area (Å²) >= 11 is 0. The van der Waals surface area contributed by atoms with Crippen molar-refractivity contribution in [1.29, 1.82) is 0 Å². The van der Waals surface area contributed by atoms with E-state index in [1.807, 2.05) is 78.9 Å². The minimum absolute atomic E-state index is 0.179. The maximum atomic E-state index is 12.6. The SMILES string of the molecule is COc1ccc(CNC(=O)c2n[nH]nc2Nc2ccc(Oc3ccccc3)cc2)cc1. The van der Waals surface area contributed by atoms with Gasteiger partial charge in [-0.25, -0.2) is 0 Å². The lowest BCUT2D eigenvalue weighted by molar-refractivity contribution is 0.0946. The summed E-state index contributed by atoms with van der Waals surface area (Å²) in [6.07, 6.45) is 0. The van der Waals surface area contributed by atoms with Gasteiger partial charge in [-0.3, -0.25) is 4.79 Å². The van der Waals surface area contributed by atoms with E-state index < -0.39 is 0 Å². The standard InChI is InChI=1S/C23H21N5O3/c1-30-18-11-7-16(8-12-18)15-24-23(29)21-22(27-28-26-21)25-17-9-13-20(14-10-17)31-19-5-3-2-4-6-19/h2-14H,15H2,1H3,(H,24,29)(H2,25,26,27,28). The molecule has 0 fully saturated rings. The van der Waals surface area contributed by atoms with Gasteiger partial charge in [-0.2, -0.15) is 5.21 Å². The molecule has 0 bridgehead atoms. The molecule has 0 spiro atoms. The molecule has 1 amide bonds. The Morgan fingerprint density at radius 1 is 0.871 bits per heavy atom. The number of carbonyl (C=O) groups excluding carboxylic acids is 1. The zero-order valence-electron chi connectivity index (χ0n) is 16.8. The van der Waals surface area contributed by atoms with Crippen molar-refractivity contribution in [2.75, 3.05) is 12.4 Å². The molecule has 3 aromatic carbocycles. The number of amides is 1. The number of H-pyrrole nitrogens is 1. The third-order valence-corrected chi connectivity index (χ3v) is 4.47. The van der Waals surface area contributed by atoms with Gasteiger partial charge < -0.3 is 20.1 Å². The molecule has 1 aromatic heterocycles. The van der Waals surface area contributed by atoms with Gasteiger partial charge >= 0.3 is 0 Å². The zero-order chi connectivity index (χ0) is 21.5. The molecule has 4 rings (SSSR count). The van der Waals surface area contributed by atoms with Crippen molar-refractivity contribution in [3.63, 3.8) is 0 Å². The van der Waals surface area contributed by atoms with Crippen molar-refractivity contribution in [2.24, 2.45) is 0 Å². The van der Waals surface area contributed by atoms with Crippen LogP contribution in [0.1, 0.15) is 16.1 Å². The summed E-state index contributed by atoms with van der Waals surface area (Å²) in [5.41, 5.74) is 1.87. The van der Waals surface area contributed by atoms with Crippen LogP contribution in [-0.4, -0.2) is 28.4 Å². The molecule has 8 heteroatoms. The van der Waals surface area contributed by atoms with Crippen LogP contribution in [0.25, 0.3) is 0 Å². The van der Waals surface area contributed by atoms with Crippen molar-refractivity contribution in [1.82, 2.24) is 20.7 Å². The quantitative estimate of drug-likeness (QED) is 0.397. The van der Waals surface area contributed by atoms with Gasteiger partial charge in [0.1, 0.15) is 17.2 Å². The van der Waals surface area contributed by atoms with Crippen LogP contribution in [0.4, 0.5) is 11.5 Å². The van der Waals surface area contributed by atoms with Gasteiger partial charge in [-0.1, -0.05) is 30.3 Å². The van der Waals surface area contributed by atoms with Crippen molar-refractivity contribution in [2.45, 2.75) is 6.54 Å². The van der Waals surface area contributed by atoms with E-state index in [-0.39, 0.29) is 11.6 Å². The highest BCUT2D eigenvalue weighted by atomic mass is 16.5. The van der Waals surface area contributed by atoms with Crippen molar-refractivity contribution in [3.05, 3.63) is 90.1 Å². The maximum Gasteiger partial charge on any atom is 0.275 e. The lowest BCUT2D eigenvalue weighted by Gasteiger charge is -2.08. The number of para-hydroxylation sites is 1. The molecule has 0 radical (unpaired) electrons. The summed E-state index contributed by atoms with van der Waals surface area (Å²) in [4.78, 5) is 12.6. The number of nitrogens with one attached hydrogen (secondary N) is 3. The normalized spacial score (nSPS) is 10.4. The number of hydrogen-bond acceptors (Lipinski definition) is 6. The van der Waals surface area contributed by atoms with Crippen LogP contribution < -0.4 is 20.1 Å². The van der Waals surface area contributed by atoms with Gasteiger partial charge in [-0.05, 0) is 54.1 Å². The lowest BCUT2D eigenvalue weighted by atomic mass is 10.2. The lowest BCUT2D eigenvalue weighted by Crippen LogP contribution is -2.24. The van der Waals surface area contributed by atoms with Crippen LogP contribution in [0, 0.1) is 0 Å². The Kier molecular flexibility index (Phi) is 6.08. The van der Waals surface area contributed by atoms with Crippen LogP contribution in [0.3, 0.4) is 0 Å². The monoisotopic (exact) mass is 415 g/mol. The minimum Gasteiger partial charge on any atom is -0.497 e. The molecule has 156 valence electrons. The predicted molar refractivity (Wildman–Crippen MR) is 117 cm³/mol. The number of ether oxygens (including phenoxy) is 2. The van der Waals surface area contributed by atoms with E-state index in [4.69, 9.17) is 9.47 Å². The largest absolute Gasteiger partial charge is 0.497 e. The number of benzene rings is 3. The topological polar surface area (TPSA) is 101 Å². The van der Waals surface area contributed by atoms with E-state index in [2.05, 4.69) is 26.0 Å². The summed E-state index contributed by atoms with van der Waals surface area (Å²) in [7, 11) is 1.61. The fourth-order valence-corrected chi connectivity index (χ4v) is 2.85. The molecule has 4 aromatic rings. The first kappa shape index (κ1) is 20.0. The Balaban J connectivity index is 1.36. The second-order valence-corrected chi connectivity index (χ2v) is 6.62. The van der Waals surface area contributed by atoms with Gasteiger partial charge in [0, 0.05) is 12.2 Å². The van der Waals surface area contributed by atoms with E-state index in [0.29, 0.717) is 18.1 Å². The molecule has 0 saturated heterocycles. The summed E-state index contributed by atoms with van der Waals surface area (Å²) in [6.45, 7) is 0.362. The van der Waals surface area contributed by atoms with Gasteiger partial charge in [0.05, 0.1) is 7.11 Å². The number of aromatic amines is 1. The van der Waals surface area contributed by atoms with Gasteiger partial charge in [0.15, 0.2) is 11.5 Å². The Bertz CT molecular complexity index is 1130. The highest BCUT2D eigenvalue weighted by Gasteiger charge is 2.16. The zero-order valence-corrected chi connectivity index (χ0v) is 16.8. The Morgan fingerprint density at radius 2 is 1.55 bits per heavy atom. The fourth-order valence-electron chi connectivity index (χ4n) is 2.85. The summed E-state index contributed by atoms with van der Waals surface area (Å²) in [5.74, 6) is 2.23. The number of nitrogens with zero attached hydrogens (tertiary/aromatic N) is 2. The number of carbonyl (C=O) groups is 1. The number of rotatable bonds is 8. The van der Waals surface area contributed by atoms with E-state index in [9.17, 15) is 4.79 Å². The Labute approximate surface area is 179 Å². The fraction of sp³-hybridized carbons (Fsp3) is 0.0870. The van der Waals surface area contributed by atoms with E-state index in [1.54, 1.807) is 7.11 Å². The summed E-state index contributed by atoms with van der Waals surface area (Å²) in [6, 6.07) is 24.3. The average Bonchev–Trinajstić information content (AvgIpc) is 3.28. The van der Waals surface area contributed by atoms with Gasteiger partial charge in [0.2, 0.25) is 0 Å². The molecule has 1 heterocycles. The van der Waals surface area contributed by atoms with E-state index >= 15 is 0 Å². The second-order valence-electron chi connectivity index (χ2n) is 6.62. The smallest absolute Gasteiger partial charge is 0.275 e. The molecule has 0 unspecified atom stereocenters. The molecule has 3 N–H and O–H groups in total. The number of anilines is 2. The highest BCUT2D eigenvalue weighted by Crippen LogP contribution is 2.24. The molecule has 0 atom stereocenters.